The van der Waals surface area contributed by atoms with Crippen molar-refractivity contribution < 1.29 is 0 Å². The highest BCUT2D eigenvalue weighted by atomic mass is 35.5. The summed E-state index contributed by atoms with van der Waals surface area (Å²) in [6, 6.07) is 11.9. The summed E-state index contributed by atoms with van der Waals surface area (Å²) < 4.78 is 0. The smallest absolute Gasteiger partial charge is 0.131 e. The van der Waals surface area contributed by atoms with Crippen molar-refractivity contribution in [2.45, 2.75) is 0 Å². The van der Waals surface area contributed by atoms with Gasteiger partial charge in [0.2, 0.25) is 0 Å². The molecule has 1 aromatic heterocycles. The lowest BCUT2D eigenvalue weighted by molar-refractivity contribution is 1.29. The first kappa shape index (κ1) is 9.76. The molecule has 0 fully saturated rings. The Kier molecular flexibility index (Phi) is 2.71. The van der Waals surface area contributed by atoms with Gasteiger partial charge in [-0.15, -0.1) is 6.42 Å². The van der Waals surface area contributed by atoms with Gasteiger partial charge in [-0.1, -0.05) is 29.8 Å². The summed E-state index contributed by atoms with van der Waals surface area (Å²) in [5, 5.41) is 0.528. The Morgan fingerprint density at radius 1 is 1.13 bits per heavy atom. The number of nitrogens with zero attached hydrogens (tertiary/aromatic N) is 1. The molecule has 0 N–H and O–H groups in total. The molecule has 0 spiro atoms. The third-order valence-electron chi connectivity index (χ3n) is 2.01. The van der Waals surface area contributed by atoms with E-state index in [4.69, 9.17) is 18.0 Å². The Labute approximate surface area is 93.7 Å². The van der Waals surface area contributed by atoms with E-state index in [1.165, 1.54) is 11.1 Å². The van der Waals surface area contributed by atoms with Gasteiger partial charge in [-0.2, -0.15) is 0 Å². The third kappa shape index (κ3) is 2.37. The average Bonchev–Trinajstić information content (AvgIpc) is 2.87. The molecule has 15 heavy (non-hydrogen) atoms. The summed E-state index contributed by atoms with van der Waals surface area (Å²) in [4.78, 5) is 3.83. The molecule has 0 radical (unpaired) electrons. The normalized spacial score (nSPS) is 9.60. The monoisotopic (exact) mass is 213 g/mol. The zero-order valence-electron chi connectivity index (χ0n) is 7.94. The highest BCUT2D eigenvalue weighted by molar-refractivity contribution is 6.31. The lowest BCUT2D eigenvalue weighted by Gasteiger charge is -1.89. The number of pyridine rings is 1. The molecule has 0 amide bonds. The van der Waals surface area contributed by atoms with Crippen LogP contribution in [0.2, 0.25) is 5.02 Å². The minimum atomic E-state index is 0.499. The van der Waals surface area contributed by atoms with E-state index in [-0.39, 0.29) is 0 Å². The van der Waals surface area contributed by atoms with Crippen molar-refractivity contribution >= 4 is 11.6 Å². The van der Waals surface area contributed by atoms with Gasteiger partial charge in [-0.25, -0.2) is 4.98 Å². The van der Waals surface area contributed by atoms with E-state index in [9.17, 15) is 0 Å². The van der Waals surface area contributed by atoms with Crippen LogP contribution >= 0.6 is 11.6 Å². The van der Waals surface area contributed by atoms with Crippen LogP contribution in [-0.2, 0) is 0 Å². The van der Waals surface area contributed by atoms with Gasteiger partial charge < -0.3 is 0 Å². The second kappa shape index (κ2) is 4.16. The van der Waals surface area contributed by atoms with Gasteiger partial charge in [0.05, 0.1) is 5.02 Å². The molecule has 2 aliphatic carbocycles. The van der Waals surface area contributed by atoms with Gasteiger partial charge in [0.25, 0.3) is 0 Å². The van der Waals surface area contributed by atoms with E-state index in [0.717, 1.165) is 0 Å². The van der Waals surface area contributed by atoms with E-state index in [1.54, 1.807) is 18.3 Å². The molecule has 0 aromatic carbocycles. The van der Waals surface area contributed by atoms with E-state index in [1.807, 2.05) is 0 Å². The lowest BCUT2D eigenvalue weighted by Crippen LogP contribution is -1.79. The summed E-state index contributed by atoms with van der Waals surface area (Å²) in [7, 11) is 0. The van der Waals surface area contributed by atoms with Crippen molar-refractivity contribution in [1.82, 2.24) is 4.98 Å². The Hall–Kier alpha value is -1.78. The standard InChI is InChI=1S/C7H4ClN.C6H4/c1-2-7-6(8)4-3-5-9-7;1-2-5-4-6(5)3-1/h1,3-5H;1-4H. The first-order valence-corrected chi connectivity index (χ1v) is 4.86. The van der Waals surface area contributed by atoms with Crippen LogP contribution in [0, 0.1) is 12.3 Å². The number of aromatic nitrogens is 1. The van der Waals surface area contributed by atoms with E-state index in [2.05, 4.69) is 35.2 Å². The largest absolute Gasteiger partial charge is 0.246 e. The summed E-state index contributed by atoms with van der Waals surface area (Å²) in [6.07, 6.45) is 6.67. The topological polar surface area (TPSA) is 12.9 Å². The number of benzene rings is 1. The molecule has 0 unspecified atom stereocenters. The molecule has 0 saturated heterocycles. The molecule has 1 heterocycles. The number of terminal acetylenes is 1. The fourth-order valence-electron chi connectivity index (χ4n) is 1.17. The van der Waals surface area contributed by atoms with Crippen molar-refractivity contribution in [3.63, 3.8) is 0 Å². The van der Waals surface area contributed by atoms with Crippen LogP contribution in [0.1, 0.15) is 5.69 Å². The number of halogens is 1. The van der Waals surface area contributed by atoms with Crippen molar-refractivity contribution in [3.8, 4) is 23.5 Å². The molecule has 0 atom stereocenters. The Morgan fingerprint density at radius 3 is 2.20 bits per heavy atom. The van der Waals surface area contributed by atoms with E-state index in [0.29, 0.717) is 10.7 Å². The SMILES string of the molecule is C#Cc1ncccc1Cl.c1cc2cc-2c1. The second-order valence-electron chi connectivity index (χ2n) is 3.06. The molecular formula is C13H8ClN. The minimum Gasteiger partial charge on any atom is -0.246 e. The Bertz CT molecular complexity index is 509. The van der Waals surface area contributed by atoms with Crippen LogP contribution in [0.4, 0.5) is 0 Å². The maximum atomic E-state index is 5.62. The molecule has 1 nitrogen and oxygen atoms in total. The minimum absolute atomic E-state index is 0.499. The molecule has 0 saturated carbocycles. The highest BCUT2D eigenvalue weighted by Crippen LogP contribution is 2.32. The van der Waals surface area contributed by atoms with Gasteiger partial charge in [-0.3, -0.25) is 0 Å². The van der Waals surface area contributed by atoms with Gasteiger partial charge in [-0.05, 0) is 35.2 Å². The number of fused-ring (bicyclic) bond motifs is 1. The Morgan fingerprint density at radius 2 is 1.87 bits per heavy atom. The third-order valence-corrected chi connectivity index (χ3v) is 2.31. The fourth-order valence-corrected chi connectivity index (χ4v) is 1.34. The van der Waals surface area contributed by atoms with Crippen LogP contribution in [-0.4, -0.2) is 4.98 Å². The van der Waals surface area contributed by atoms with Crippen LogP contribution in [0.5, 0.6) is 0 Å². The zero-order valence-corrected chi connectivity index (χ0v) is 8.70. The van der Waals surface area contributed by atoms with Crippen LogP contribution < -0.4 is 0 Å². The lowest BCUT2D eigenvalue weighted by atomic mass is 10.4. The van der Waals surface area contributed by atoms with Gasteiger partial charge >= 0.3 is 0 Å². The maximum absolute atomic E-state index is 5.62. The van der Waals surface area contributed by atoms with Crippen molar-refractivity contribution in [1.29, 1.82) is 0 Å². The van der Waals surface area contributed by atoms with Crippen LogP contribution in [0.25, 0.3) is 11.1 Å². The van der Waals surface area contributed by atoms with Crippen LogP contribution in [0.3, 0.4) is 0 Å². The van der Waals surface area contributed by atoms with Crippen molar-refractivity contribution in [3.05, 3.63) is 53.3 Å². The number of rotatable bonds is 0. The fraction of sp³-hybridized carbons (Fsp3) is 0. The summed E-state index contributed by atoms with van der Waals surface area (Å²) >= 11 is 5.62. The maximum Gasteiger partial charge on any atom is 0.131 e. The first-order chi connectivity index (χ1) is 7.31. The molecular weight excluding hydrogens is 206 g/mol. The molecule has 2 heteroatoms. The first-order valence-electron chi connectivity index (χ1n) is 4.49. The summed E-state index contributed by atoms with van der Waals surface area (Å²) in [5.41, 5.74) is 3.35. The molecule has 1 aromatic rings. The van der Waals surface area contributed by atoms with Crippen molar-refractivity contribution in [2.24, 2.45) is 0 Å². The molecule has 0 bridgehead atoms. The predicted molar refractivity (Wildman–Crippen MR) is 62.6 cm³/mol. The molecule has 2 aliphatic rings. The second-order valence-corrected chi connectivity index (χ2v) is 3.47. The summed E-state index contributed by atoms with van der Waals surface area (Å²) in [6.45, 7) is 0. The van der Waals surface area contributed by atoms with Gasteiger partial charge in [0.15, 0.2) is 0 Å². The molecule has 3 rings (SSSR count). The molecule has 0 aliphatic heterocycles. The van der Waals surface area contributed by atoms with E-state index < -0.39 is 0 Å². The quantitative estimate of drug-likeness (QED) is 0.522. The zero-order chi connectivity index (χ0) is 10.7. The highest BCUT2D eigenvalue weighted by Gasteiger charge is 2.06. The van der Waals surface area contributed by atoms with Crippen molar-refractivity contribution in [2.75, 3.05) is 0 Å². The number of hydrogen-bond donors (Lipinski definition) is 0. The predicted octanol–water partition coefficient (Wildman–Crippen LogP) is 3.38. The summed E-state index contributed by atoms with van der Waals surface area (Å²) in [5.74, 6) is 2.35. The van der Waals surface area contributed by atoms with Gasteiger partial charge in [0, 0.05) is 6.20 Å². The molecule has 72 valence electrons. The number of hydrogen-bond acceptors (Lipinski definition) is 1. The Balaban J connectivity index is 0.000000121. The van der Waals surface area contributed by atoms with Gasteiger partial charge in [0.1, 0.15) is 5.69 Å². The average molecular weight is 214 g/mol. The van der Waals surface area contributed by atoms with Crippen LogP contribution in [0.15, 0.2) is 42.6 Å². The van der Waals surface area contributed by atoms with E-state index >= 15 is 0 Å².